The van der Waals surface area contributed by atoms with Crippen molar-refractivity contribution in [3.8, 4) is 0 Å². The zero-order valence-electron chi connectivity index (χ0n) is 8.29. The van der Waals surface area contributed by atoms with E-state index in [1.807, 2.05) is 4.98 Å². The van der Waals surface area contributed by atoms with Gasteiger partial charge in [0.1, 0.15) is 5.02 Å². The molecule has 0 aliphatic carbocycles. The number of aliphatic hydroxyl groups is 2. The van der Waals surface area contributed by atoms with E-state index in [0.29, 0.717) is 0 Å². The first kappa shape index (κ1) is 12.9. The van der Waals surface area contributed by atoms with Gasteiger partial charge < -0.3 is 20.5 Å². The van der Waals surface area contributed by atoms with Gasteiger partial charge in [0, 0.05) is 6.54 Å². The summed E-state index contributed by atoms with van der Waals surface area (Å²) in [5.41, 5.74) is -1.12. The van der Waals surface area contributed by atoms with Crippen LogP contribution in [0.5, 0.6) is 0 Å². The Morgan fingerprint density at radius 3 is 2.44 bits per heavy atom. The number of rotatable bonds is 5. The lowest BCUT2D eigenvalue weighted by Gasteiger charge is -2.13. The third-order valence-corrected chi connectivity index (χ3v) is 2.36. The van der Waals surface area contributed by atoms with Crippen molar-refractivity contribution in [2.45, 2.75) is 12.6 Å². The SMILES string of the molecule is O=c1[nH]c(CNC(CO)CO)c(Cl)c(=O)[nH]1. The molecule has 1 rings (SSSR count). The summed E-state index contributed by atoms with van der Waals surface area (Å²) >= 11 is 5.66. The fourth-order valence-corrected chi connectivity index (χ4v) is 1.23. The lowest BCUT2D eigenvalue weighted by Crippen LogP contribution is -2.36. The Bertz CT molecular complexity index is 451. The maximum Gasteiger partial charge on any atom is 0.326 e. The van der Waals surface area contributed by atoms with Crippen molar-refractivity contribution < 1.29 is 10.2 Å². The highest BCUT2D eigenvalue weighted by molar-refractivity contribution is 6.30. The molecular weight excluding hydrogens is 238 g/mol. The Kier molecular flexibility index (Phi) is 4.69. The van der Waals surface area contributed by atoms with Crippen molar-refractivity contribution in [2.24, 2.45) is 0 Å². The van der Waals surface area contributed by atoms with Crippen molar-refractivity contribution >= 4 is 11.6 Å². The molecule has 0 aliphatic rings. The van der Waals surface area contributed by atoms with Gasteiger partial charge in [0.2, 0.25) is 0 Å². The van der Waals surface area contributed by atoms with Gasteiger partial charge in [-0.2, -0.15) is 0 Å². The van der Waals surface area contributed by atoms with Gasteiger partial charge in [0.15, 0.2) is 0 Å². The standard InChI is InChI=1S/C8H12ClN3O4/c9-6-5(1-10-4(2-13)3-14)11-8(16)12-7(6)15/h4,10,13-14H,1-3H2,(H2,11,12,15,16). The Balaban J connectivity index is 2.81. The average Bonchev–Trinajstić information content (AvgIpc) is 2.26. The minimum Gasteiger partial charge on any atom is -0.395 e. The van der Waals surface area contributed by atoms with Gasteiger partial charge in [-0.25, -0.2) is 4.79 Å². The Morgan fingerprint density at radius 2 is 1.88 bits per heavy atom. The molecule has 0 spiro atoms. The molecule has 90 valence electrons. The summed E-state index contributed by atoms with van der Waals surface area (Å²) in [6.45, 7) is -0.452. The predicted octanol–water partition coefficient (Wildman–Crippen LogP) is -1.84. The third kappa shape index (κ3) is 3.17. The zero-order chi connectivity index (χ0) is 12.1. The van der Waals surface area contributed by atoms with Crippen molar-refractivity contribution in [1.29, 1.82) is 0 Å². The van der Waals surface area contributed by atoms with E-state index in [1.165, 1.54) is 0 Å². The molecule has 0 bridgehead atoms. The molecule has 5 N–H and O–H groups in total. The van der Waals surface area contributed by atoms with E-state index >= 15 is 0 Å². The van der Waals surface area contributed by atoms with Crippen LogP contribution in [0.4, 0.5) is 0 Å². The molecule has 0 saturated carbocycles. The fourth-order valence-electron chi connectivity index (χ4n) is 1.07. The number of H-pyrrole nitrogens is 2. The average molecular weight is 250 g/mol. The summed E-state index contributed by atoms with van der Waals surface area (Å²) in [4.78, 5) is 26.4. The molecule has 1 heterocycles. The van der Waals surface area contributed by atoms with E-state index in [2.05, 4.69) is 10.3 Å². The molecule has 16 heavy (non-hydrogen) atoms. The van der Waals surface area contributed by atoms with Gasteiger partial charge in [0.25, 0.3) is 5.56 Å². The lowest BCUT2D eigenvalue weighted by molar-refractivity contribution is 0.170. The molecule has 0 amide bonds. The predicted molar refractivity (Wildman–Crippen MR) is 57.5 cm³/mol. The monoisotopic (exact) mass is 249 g/mol. The Labute approximate surface area is 95.1 Å². The van der Waals surface area contributed by atoms with Gasteiger partial charge in [-0.05, 0) is 0 Å². The highest BCUT2D eigenvalue weighted by Crippen LogP contribution is 2.04. The number of aromatic amines is 2. The normalized spacial score (nSPS) is 11.0. The summed E-state index contributed by atoms with van der Waals surface area (Å²) in [6.07, 6.45) is 0. The summed E-state index contributed by atoms with van der Waals surface area (Å²) in [7, 11) is 0. The number of hydrogen-bond donors (Lipinski definition) is 5. The van der Waals surface area contributed by atoms with Crippen LogP contribution in [0.15, 0.2) is 9.59 Å². The highest BCUT2D eigenvalue weighted by atomic mass is 35.5. The maximum absolute atomic E-state index is 11.1. The first-order valence-electron chi connectivity index (χ1n) is 4.54. The van der Waals surface area contributed by atoms with Crippen LogP contribution in [0, 0.1) is 0 Å². The molecule has 0 aromatic carbocycles. The van der Waals surface area contributed by atoms with Gasteiger partial charge in [0.05, 0.1) is 24.9 Å². The molecule has 1 aromatic rings. The van der Waals surface area contributed by atoms with Crippen LogP contribution in [0.2, 0.25) is 5.02 Å². The molecule has 0 atom stereocenters. The minimum absolute atomic E-state index is 0.0732. The second-order valence-corrected chi connectivity index (χ2v) is 3.52. The van der Waals surface area contributed by atoms with E-state index in [4.69, 9.17) is 21.8 Å². The first-order chi connectivity index (χ1) is 7.58. The Morgan fingerprint density at radius 1 is 1.25 bits per heavy atom. The van der Waals surface area contributed by atoms with Crippen LogP contribution in [-0.4, -0.2) is 39.4 Å². The molecule has 7 nitrogen and oxygen atoms in total. The number of aromatic nitrogens is 2. The summed E-state index contributed by atoms with van der Waals surface area (Å²) in [6, 6.07) is -0.529. The van der Waals surface area contributed by atoms with Crippen LogP contribution < -0.4 is 16.6 Å². The van der Waals surface area contributed by atoms with E-state index in [9.17, 15) is 9.59 Å². The van der Waals surface area contributed by atoms with Gasteiger partial charge >= 0.3 is 5.69 Å². The molecular formula is C8H12ClN3O4. The summed E-state index contributed by atoms with van der Waals surface area (Å²) in [5, 5.41) is 20.2. The number of nitrogens with one attached hydrogen (secondary N) is 3. The van der Waals surface area contributed by atoms with Crippen LogP contribution in [0.3, 0.4) is 0 Å². The molecule has 0 fully saturated rings. The van der Waals surface area contributed by atoms with Crippen LogP contribution in [-0.2, 0) is 6.54 Å². The van der Waals surface area contributed by atoms with Crippen LogP contribution >= 0.6 is 11.6 Å². The number of halogens is 1. The molecule has 0 radical (unpaired) electrons. The molecule has 8 heteroatoms. The van der Waals surface area contributed by atoms with Crippen molar-refractivity contribution in [2.75, 3.05) is 13.2 Å². The largest absolute Gasteiger partial charge is 0.395 e. The van der Waals surface area contributed by atoms with Gasteiger partial charge in [-0.15, -0.1) is 0 Å². The van der Waals surface area contributed by atoms with Crippen molar-refractivity contribution in [1.82, 2.24) is 15.3 Å². The molecule has 0 saturated heterocycles. The maximum atomic E-state index is 11.1. The van der Waals surface area contributed by atoms with E-state index in [1.54, 1.807) is 0 Å². The van der Waals surface area contributed by atoms with Gasteiger partial charge in [-0.3, -0.25) is 9.78 Å². The first-order valence-corrected chi connectivity index (χ1v) is 4.92. The van der Waals surface area contributed by atoms with E-state index in [-0.39, 0.29) is 30.5 Å². The topological polar surface area (TPSA) is 118 Å². The lowest BCUT2D eigenvalue weighted by atomic mass is 10.3. The van der Waals surface area contributed by atoms with Gasteiger partial charge in [-0.1, -0.05) is 11.6 Å². The minimum atomic E-state index is -0.674. The molecule has 0 aliphatic heterocycles. The third-order valence-electron chi connectivity index (χ3n) is 1.96. The summed E-state index contributed by atoms with van der Waals surface area (Å²) < 4.78 is 0. The van der Waals surface area contributed by atoms with E-state index < -0.39 is 17.3 Å². The zero-order valence-corrected chi connectivity index (χ0v) is 9.04. The fraction of sp³-hybridized carbons (Fsp3) is 0.500. The van der Waals surface area contributed by atoms with Crippen molar-refractivity contribution in [3.63, 3.8) is 0 Å². The number of aliphatic hydroxyl groups excluding tert-OH is 2. The Hall–Kier alpha value is -1.15. The second kappa shape index (κ2) is 5.80. The van der Waals surface area contributed by atoms with E-state index in [0.717, 1.165) is 0 Å². The van der Waals surface area contributed by atoms with Crippen LogP contribution in [0.25, 0.3) is 0 Å². The molecule has 1 aromatic heterocycles. The molecule has 0 unspecified atom stereocenters. The summed E-state index contributed by atoms with van der Waals surface area (Å²) in [5.74, 6) is 0. The smallest absolute Gasteiger partial charge is 0.326 e. The quantitative estimate of drug-likeness (QED) is 0.420. The van der Waals surface area contributed by atoms with Crippen LogP contribution in [0.1, 0.15) is 5.69 Å². The highest BCUT2D eigenvalue weighted by Gasteiger charge is 2.09. The van der Waals surface area contributed by atoms with Crippen molar-refractivity contribution in [3.05, 3.63) is 31.6 Å². The second-order valence-electron chi connectivity index (χ2n) is 3.14. The number of hydrogen-bond acceptors (Lipinski definition) is 5.